The van der Waals surface area contributed by atoms with Gasteiger partial charge in [0.25, 0.3) is 0 Å². The molecule has 58 heavy (non-hydrogen) atoms. The van der Waals surface area contributed by atoms with E-state index in [4.69, 9.17) is 4.42 Å². The van der Waals surface area contributed by atoms with Crippen molar-refractivity contribution in [1.82, 2.24) is 0 Å². The molecule has 1 aromatic heterocycles. The molecule has 10 aromatic carbocycles. The molecule has 2 heteroatoms. The van der Waals surface area contributed by atoms with Crippen LogP contribution in [0.2, 0.25) is 0 Å². The molecule has 0 unspecified atom stereocenters. The maximum absolute atomic E-state index is 6.94. The smallest absolute Gasteiger partial charge is 0.143 e. The van der Waals surface area contributed by atoms with E-state index >= 15 is 0 Å². The summed E-state index contributed by atoms with van der Waals surface area (Å²) < 4.78 is 6.94. The lowest BCUT2D eigenvalue weighted by molar-refractivity contribution is 0.672. The largest absolute Gasteiger partial charge is 0.455 e. The van der Waals surface area contributed by atoms with Crippen LogP contribution in [0.1, 0.15) is 0 Å². The number of anilines is 3. The first kappa shape index (κ1) is 33.6. The predicted molar refractivity (Wildman–Crippen MR) is 245 cm³/mol. The van der Waals surface area contributed by atoms with E-state index in [1.54, 1.807) is 0 Å². The third-order valence-corrected chi connectivity index (χ3v) is 11.5. The fourth-order valence-electron chi connectivity index (χ4n) is 8.75. The Bertz CT molecular complexity index is 3270. The van der Waals surface area contributed by atoms with Gasteiger partial charge in [0.1, 0.15) is 11.2 Å². The van der Waals surface area contributed by atoms with Gasteiger partial charge in [-0.25, -0.2) is 0 Å². The molecule has 0 atom stereocenters. The highest BCUT2D eigenvalue weighted by atomic mass is 16.3. The van der Waals surface area contributed by atoms with Crippen LogP contribution in [0, 0.1) is 0 Å². The highest BCUT2D eigenvalue weighted by Crippen LogP contribution is 2.48. The van der Waals surface area contributed by atoms with Gasteiger partial charge in [-0.15, -0.1) is 0 Å². The van der Waals surface area contributed by atoms with Crippen molar-refractivity contribution in [2.24, 2.45) is 0 Å². The Balaban J connectivity index is 1.16. The first-order chi connectivity index (χ1) is 28.8. The van der Waals surface area contributed by atoms with Gasteiger partial charge >= 0.3 is 0 Å². The number of benzene rings is 10. The van der Waals surface area contributed by atoms with Crippen LogP contribution in [0.25, 0.3) is 88.0 Å². The Kier molecular flexibility index (Phi) is 8.19. The zero-order chi connectivity index (χ0) is 38.4. The quantitative estimate of drug-likeness (QED) is 0.162. The number of nitrogens with zero attached hydrogens (tertiary/aromatic N) is 1. The van der Waals surface area contributed by atoms with E-state index in [1.807, 2.05) is 0 Å². The summed E-state index contributed by atoms with van der Waals surface area (Å²) in [5.74, 6) is 0. The SMILES string of the molecule is c1ccc(-c2ccc(-c3cccc(N(c4cccc5ccccc45)c4cccc5oc6c7ccccc7c(-c7ccccc7-c7ccccc7)cc6c45)c3)cc2)cc1. The number of rotatable bonds is 7. The van der Waals surface area contributed by atoms with Crippen LogP contribution < -0.4 is 4.90 Å². The molecule has 0 bridgehead atoms. The van der Waals surface area contributed by atoms with Gasteiger partial charge in [0.05, 0.1) is 16.8 Å². The second-order valence-electron chi connectivity index (χ2n) is 14.8. The molecule has 0 aliphatic carbocycles. The van der Waals surface area contributed by atoms with Gasteiger partial charge in [-0.1, -0.05) is 188 Å². The minimum Gasteiger partial charge on any atom is -0.455 e. The van der Waals surface area contributed by atoms with Crippen LogP contribution in [-0.2, 0) is 0 Å². The Morgan fingerprint density at radius 2 is 0.862 bits per heavy atom. The predicted octanol–water partition coefficient (Wildman–Crippen LogP) is 16.0. The fourth-order valence-corrected chi connectivity index (χ4v) is 8.75. The van der Waals surface area contributed by atoms with Crippen molar-refractivity contribution >= 4 is 60.5 Å². The van der Waals surface area contributed by atoms with E-state index in [0.717, 1.165) is 55.3 Å². The molecule has 0 spiro atoms. The summed E-state index contributed by atoms with van der Waals surface area (Å²) in [5, 5.41) is 6.78. The maximum Gasteiger partial charge on any atom is 0.143 e. The van der Waals surface area contributed by atoms with Gasteiger partial charge in [-0.3, -0.25) is 0 Å². The molecular weight excluding hydrogens is 703 g/mol. The molecule has 2 nitrogen and oxygen atoms in total. The van der Waals surface area contributed by atoms with Crippen molar-refractivity contribution in [3.63, 3.8) is 0 Å². The van der Waals surface area contributed by atoms with Crippen LogP contribution in [0.4, 0.5) is 17.1 Å². The molecule has 11 rings (SSSR count). The van der Waals surface area contributed by atoms with Crippen LogP contribution in [0.5, 0.6) is 0 Å². The molecule has 0 aliphatic heterocycles. The average molecular weight is 740 g/mol. The molecule has 1 heterocycles. The summed E-state index contributed by atoms with van der Waals surface area (Å²) in [6.07, 6.45) is 0. The van der Waals surface area contributed by atoms with E-state index in [9.17, 15) is 0 Å². The minimum atomic E-state index is 0.851. The van der Waals surface area contributed by atoms with Crippen molar-refractivity contribution < 1.29 is 4.42 Å². The summed E-state index contributed by atoms with van der Waals surface area (Å²) in [4.78, 5) is 2.42. The summed E-state index contributed by atoms with van der Waals surface area (Å²) in [6.45, 7) is 0. The molecule has 272 valence electrons. The molecule has 0 saturated carbocycles. The van der Waals surface area contributed by atoms with Crippen molar-refractivity contribution in [3.8, 4) is 44.5 Å². The van der Waals surface area contributed by atoms with E-state index < -0.39 is 0 Å². The van der Waals surface area contributed by atoms with Crippen molar-refractivity contribution in [3.05, 3.63) is 224 Å². The topological polar surface area (TPSA) is 16.4 Å². The van der Waals surface area contributed by atoms with Gasteiger partial charge in [0.15, 0.2) is 0 Å². The number of hydrogen-bond donors (Lipinski definition) is 0. The molecule has 0 N–H and O–H groups in total. The number of furan rings is 1. The monoisotopic (exact) mass is 739 g/mol. The van der Waals surface area contributed by atoms with Crippen molar-refractivity contribution in [1.29, 1.82) is 0 Å². The Morgan fingerprint density at radius 3 is 1.66 bits per heavy atom. The maximum atomic E-state index is 6.94. The zero-order valence-electron chi connectivity index (χ0n) is 31.7. The first-order valence-electron chi connectivity index (χ1n) is 19.8. The van der Waals surface area contributed by atoms with Gasteiger partial charge < -0.3 is 9.32 Å². The Morgan fingerprint density at radius 1 is 0.310 bits per heavy atom. The number of hydrogen-bond acceptors (Lipinski definition) is 2. The van der Waals surface area contributed by atoms with Gasteiger partial charge in [0, 0.05) is 21.8 Å². The molecule has 0 amide bonds. The minimum absolute atomic E-state index is 0.851. The summed E-state index contributed by atoms with van der Waals surface area (Å²) in [7, 11) is 0. The van der Waals surface area contributed by atoms with Crippen molar-refractivity contribution in [2.45, 2.75) is 0 Å². The van der Waals surface area contributed by atoms with Crippen molar-refractivity contribution in [2.75, 3.05) is 4.90 Å². The fraction of sp³-hybridized carbons (Fsp3) is 0. The Hall–Kier alpha value is -7.68. The molecule has 0 fully saturated rings. The summed E-state index contributed by atoms with van der Waals surface area (Å²) in [6, 6.07) is 80.6. The zero-order valence-corrected chi connectivity index (χ0v) is 31.7. The van der Waals surface area contributed by atoms with Gasteiger partial charge in [-0.05, 0) is 91.7 Å². The van der Waals surface area contributed by atoms with Crippen LogP contribution in [0.15, 0.2) is 229 Å². The van der Waals surface area contributed by atoms with Gasteiger partial charge in [0.2, 0.25) is 0 Å². The van der Waals surface area contributed by atoms with E-state index in [-0.39, 0.29) is 0 Å². The lowest BCUT2D eigenvalue weighted by Crippen LogP contribution is -2.11. The third kappa shape index (κ3) is 5.74. The second-order valence-corrected chi connectivity index (χ2v) is 14.8. The second kappa shape index (κ2) is 14.1. The average Bonchev–Trinajstić information content (AvgIpc) is 3.69. The molecule has 11 aromatic rings. The Labute approximate surface area is 337 Å². The highest BCUT2D eigenvalue weighted by molar-refractivity contribution is 6.23. The third-order valence-electron chi connectivity index (χ3n) is 11.5. The van der Waals surface area contributed by atoms with Crippen LogP contribution in [0.3, 0.4) is 0 Å². The van der Waals surface area contributed by atoms with Crippen LogP contribution >= 0.6 is 0 Å². The summed E-state index contributed by atoms with van der Waals surface area (Å²) in [5.41, 5.74) is 14.5. The highest BCUT2D eigenvalue weighted by Gasteiger charge is 2.23. The lowest BCUT2D eigenvalue weighted by atomic mass is 9.90. The normalized spacial score (nSPS) is 11.4. The van der Waals surface area contributed by atoms with E-state index in [1.165, 1.54) is 49.7 Å². The summed E-state index contributed by atoms with van der Waals surface area (Å²) >= 11 is 0. The lowest BCUT2D eigenvalue weighted by Gasteiger charge is -2.28. The van der Waals surface area contributed by atoms with E-state index in [0.29, 0.717) is 0 Å². The molecular formula is C56H37NO. The van der Waals surface area contributed by atoms with E-state index in [2.05, 4.69) is 229 Å². The molecule has 0 aliphatic rings. The molecule has 0 saturated heterocycles. The van der Waals surface area contributed by atoms with Crippen LogP contribution in [-0.4, -0.2) is 0 Å². The standard InChI is InChI=1S/C56H37NO/c1-3-16-38(17-4-1)39-32-34-40(35-33-39)43-22-13-23-44(36-43)57(52-29-14-21-42-20-7-8-25-46(42)52)53-30-15-31-54-55(53)51-37-50(48-27-11-12-28-49(48)56(51)58-54)47-26-10-9-24-45(47)41-18-5-2-6-19-41/h1-37H. The van der Waals surface area contributed by atoms with Gasteiger partial charge in [-0.2, -0.15) is 0 Å². The first-order valence-corrected chi connectivity index (χ1v) is 19.8. The number of fused-ring (bicyclic) bond motifs is 6. The molecule has 0 radical (unpaired) electrons.